The van der Waals surface area contributed by atoms with E-state index in [0.717, 1.165) is 16.9 Å². The van der Waals surface area contributed by atoms with E-state index in [1.807, 2.05) is 12.1 Å². The number of aliphatic hydroxyl groups is 1. The van der Waals surface area contributed by atoms with E-state index in [9.17, 15) is 18.3 Å². The van der Waals surface area contributed by atoms with Crippen molar-refractivity contribution in [2.24, 2.45) is 11.0 Å². The summed E-state index contributed by atoms with van der Waals surface area (Å²) >= 11 is 6.91. The molecule has 30 heavy (non-hydrogen) atoms. The van der Waals surface area contributed by atoms with Crippen LogP contribution in [0.1, 0.15) is 17.5 Å². The zero-order valence-electron chi connectivity index (χ0n) is 15.4. The number of benzene rings is 2. The first kappa shape index (κ1) is 19.5. The van der Waals surface area contributed by atoms with Gasteiger partial charge in [0.15, 0.2) is 0 Å². The van der Waals surface area contributed by atoms with Crippen LogP contribution in [0.25, 0.3) is 11.3 Å². The molecule has 1 aliphatic heterocycles. The molecular formula is C21H15ClF3N3OS. The van der Waals surface area contributed by atoms with Crippen LogP contribution in [0.3, 0.4) is 0 Å². The molecular weight excluding hydrogens is 435 g/mol. The normalized spacial score (nSPS) is 23.2. The van der Waals surface area contributed by atoms with Crippen molar-refractivity contribution in [2.45, 2.75) is 24.7 Å². The highest BCUT2D eigenvalue weighted by molar-refractivity contribution is 7.14. The Morgan fingerprint density at radius 1 is 1.13 bits per heavy atom. The Balaban J connectivity index is 1.61. The van der Waals surface area contributed by atoms with Gasteiger partial charge in [-0.05, 0) is 30.5 Å². The maximum atomic E-state index is 14.2. The summed E-state index contributed by atoms with van der Waals surface area (Å²) in [5.41, 5.74) is -0.114. The van der Waals surface area contributed by atoms with Gasteiger partial charge in [-0.1, -0.05) is 48.0 Å². The Hall–Kier alpha value is -2.42. The Labute approximate surface area is 179 Å². The van der Waals surface area contributed by atoms with Crippen LogP contribution in [0.4, 0.5) is 18.3 Å². The third-order valence-electron chi connectivity index (χ3n) is 5.57. The molecule has 0 amide bonds. The summed E-state index contributed by atoms with van der Waals surface area (Å²) in [6.45, 7) is 0. The van der Waals surface area contributed by atoms with Crippen LogP contribution in [-0.4, -0.2) is 27.7 Å². The first-order valence-electron chi connectivity index (χ1n) is 9.26. The molecule has 4 nitrogen and oxygen atoms in total. The average Bonchev–Trinajstić information content (AvgIpc) is 3.32. The molecule has 0 spiro atoms. The number of aromatic nitrogens is 1. The van der Waals surface area contributed by atoms with Gasteiger partial charge in [0.05, 0.1) is 17.3 Å². The van der Waals surface area contributed by atoms with E-state index >= 15 is 0 Å². The second-order valence-electron chi connectivity index (χ2n) is 7.29. The Kier molecular flexibility index (Phi) is 4.43. The highest BCUT2D eigenvalue weighted by Gasteiger charge is 2.68. The number of rotatable bonds is 2. The van der Waals surface area contributed by atoms with Gasteiger partial charge in [-0.2, -0.15) is 23.3 Å². The van der Waals surface area contributed by atoms with Crippen LogP contribution < -0.4 is 5.01 Å². The summed E-state index contributed by atoms with van der Waals surface area (Å²) in [4.78, 5) is 4.35. The van der Waals surface area contributed by atoms with Crippen molar-refractivity contribution in [3.8, 4) is 11.3 Å². The van der Waals surface area contributed by atoms with Gasteiger partial charge in [0, 0.05) is 21.5 Å². The quantitative estimate of drug-likeness (QED) is 0.562. The van der Waals surface area contributed by atoms with Crippen molar-refractivity contribution in [2.75, 3.05) is 5.01 Å². The number of hydrogen-bond acceptors (Lipinski definition) is 5. The summed E-state index contributed by atoms with van der Waals surface area (Å²) < 4.78 is 42.6. The average molecular weight is 450 g/mol. The molecule has 0 saturated heterocycles. The molecule has 1 aromatic heterocycles. The van der Waals surface area contributed by atoms with E-state index in [0.29, 0.717) is 33.3 Å². The number of nitrogens with zero attached hydrogens (tertiary/aromatic N) is 3. The maximum absolute atomic E-state index is 14.2. The van der Waals surface area contributed by atoms with Crippen molar-refractivity contribution < 1.29 is 18.3 Å². The van der Waals surface area contributed by atoms with E-state index < -0.39 is 17.8 Å². The summed E-state index contributed by atoms with van der Waals surface area (Å²) in [7, 11) is 0. The molecule has 1 N–H and O–H groups in total. The third kappa shape index (κ3) is 2.85. The maximum Gasteiger partial charge on any atom is 0.439 e. The molecule has 5 rings (SSSR count). The van der Waals surface area contributed by atoms with E-state index in [-0.39, 0.29) is 17.3 Å². The van der Waals surface area contributed by atoms with Gasteiger partial charge in [0.1, 0.15) is 0 Å². The fourth-order valence-corrected chi connectivity index (χ4v) is 5.04. The number of halogens is 4. The van der Waals surface area contributed by atoms with Gasteiger partial charge >= 0.3 is 6.18 Å². The summed E-state index contributed by atoms with van der Waals surface area (Å²) in [5, 5.41) is 18.1. The molecule has 1 aliphatic carbocycles. The van der Waals surface area contributed by atoms with Gasteiger partial charge < -0.3 is 5.11 Å². The molecule has 2 aromatic carbocycles. The van der Waals surface area contributed by atoms with Crippen LogP contribution in [0.5, 0.6) is 0 Å². The predicted octanol–water partition coefficient (Wildman–Crippen LogP) is 5.50. The molecule has 0 saturated carbocycles. The summed E-state index contributed by atoms with van der Waals surface area (Å²) in [5.74, 6) is -1.18. The highest BCUT2D eigenvalue weighted by Crippen LogP contribution is 2.51. The number of aryl methyl sites for hydroxylation is 1. The Morgan fingerprint density at radius 3 is 2.60 bits per heavy atom. The lowest BCUT2D eigenvalue weighted by Gasteiger charge is -2.38. The fourth-order valence-electron chi connectivity index (χ4n) is 4.08. The van der Waals surface area contributed by atoms with Crippen LogP contribution >= 0.6 is 22.9 Å². The zero-order chi connectivity index (χ0) is 21.1. The number of thiazole rings is 1. The van der Waals surface area contributed by atoms with E-state index in [1.54, 1.807) is 41.8 Å². The first-order valence-corrected chi connectivity index (χ1v) is 10.5. The molecule has 0 radical (unpaired) electrons. The lowest BCUT2D eigenvalue weighted by molar-refractivity contribution is -0.268. The molecule has 2 atom stereocenters. The van der Waals surface area contributed by atoms with Crippen LogP contribution in [0.2, 0.25) is 5.02 Å². The van der Waals surface area contributed by atoms with Crippen molar-refractivity contribution in [3.05, 3.63) is 70.1 Å². The third-order valence-corrected chi connectivity index (χ3v) is 6.64. The number of fused-ring (bicyclic) bond motifs is 3. The Bertz CT molecular complexity index is 1140. The fraction of sp³-hybridized carbons (Fsp3) is 0.238. The van der Waals surface area contributed by atoms with Crippen LogP contribution in [0.15, 0.2) is 59.0 Å². The molecule has 9 heteroatoms. The molecule has 0 fully saturated rings. The van der Waals surface area contributed by atoms with Crippen molar-refractivity contribution in [1.82, 2.24) is 4.98 Å². The first-order chi connectivity index (χ1) is 14.3. The minimum atomic E-state index is -4.92. The minimum absolute atomic E-state index is 0.0147. The van der Waals surface area contributed by atoms with Crippen molar-refractivity contribution >= 4 is 33.8 Å². The Morgan fingerprint density at radius 2 is 1.87 bits per heavy atom. The van der Waals surface area contributed by atoms with E-state index in [2.05, 4.69) is 10.1 Å². The predicted molar refractivity (Wildman–Crippen MR) is 111 cm³/mol. The molecule has 2 heterocycles. The lowest BCUT2D eigenvalue weighted by atomic mass is 9.77. The SMILES string of the molecule is O[C@@]1(C(F)(F)F)[C@H]2CCc3ccccc3C2=NN1c1nc(-c2ccc(Cl)cc2)cs1. The number of alkyl halides is 3. The summed E-state index contributed by atoms with van der Waals surface area (Å²) in [6, 6.07) is 14.1. The zero-order valence-corrected chi connectivity index (χ0v) is 17.0. The van der Waals surface area contributed by atoms with Gasteiger partial charge in [0.25, 0.3) is 5.72 Å². The van der Waals surface area contributed by atoms with Gasteiger partial charge in [-0.25, -0.2) is 4.98 Å². The van der Waals surface area contributed by atoms with E-state index in [1.165, 1.54) is 0 Å². The smallest absolute Gasteiger partial charge is 0.362 e. The molecule has 2 aliphatic rings. The number of hydrazone groups is 1. The highest BCUT2D eigenvalue weighted by atomic mass is 35.5. The monoisotopic (exact) mass is 449 g/mol. The van der Waals surface area contributed by atoms with Crippen molar-refractivity contribution in [1.29, 1.82) is 0 Å². The van der Waals surface area contributed by atoms with Gasteiger partial charge in [-0.15, -0.1) is 11.3 Å². The molecule has 3 aromatic rings. The topological polar surface area (TPSA) is 48.7 Å². The van der Waals surface area contributed by atoms with Gasteiger partial charge in [-0.3, -0.25) is 0 Å². The van der Waals surface area contributed by atoms with Crippen LogP contribution in [0, 0.1) is 5.92 Å². The molecule has 0 bridgehead atoms. The minimum Gasteiger partial charge on any atom is -0.362 e. The lowest BCUT2D eigenvalue weighted by Crippen LogP contribution is -2.60. The number of hydrogen-bond donors (Lipinski definition) is 1. The summed E-state index contributed by atoms with van der Waals surface area (Å²) in [6.07, 6.45) is -4.32. The van der Waals surface area contributed by atoms with Gasteiger partial charge in [0.2, 0.25) is 5.13 Å². The standard InChI is InChI=1S/C21H15ClF3N3OS/c22-14-8-5-13(6-9-14)17-11-30-19(26-17)28-20(29,21(23,24)25)16-10-7-12-3-1-2-4-15(12)18(16)27-28/h1-6,8-9,11,16,29H,7,10H2/t16-,20+/m0/s1. The molecule has 154 valence electrons. The second-order valence-corrected chi connectivity index (χ2v) is 8.56. The second kappa shape index (κ2) is 6.80. The van der Waals surface area contributed by atoms with E-state index in [4.69, 9.17) is 11.6 Å². The van der Waals surface area contributed by atoms with Crippen molar-refractivity contribution in [3.63, 3.8) is 0 Å². The number of anilines is 1. The largest absolute Gasteiger partial charge is 0.439 e. The van der Waals surface area contributed by atoms with Crippen LogP contribution in [-0.2, 0) is 6.42 Å². The molecule has 0 unspecified atom stereocenters.